The van der Waals surface area contributed by atoms with Crippen LogP contribution in [0.25, 0.3) is 0 Å². The summed E-state index contributed by atoms with van der Waals surface area (Å²) in [5.74, 6) is -0.828. The van der Waals surface area contributed by atoms with Gasteiger partial charge in [-0.1, -0.05) is 31.2 Å². The van der Waals surface area contributed by atoms with E-state index in [2.05, 4.69) is 15.7 Å². The molecule has 1 aromatic heterocycles. The Hall–Kier alpha value is -4.34. The van der Waals surface area contributed by atoms with Crippen molar-refractivity contribution in [1.82, 2.24) is 15.1 Å². The van der Waals surface area contributed by atoms with Gasteiger partial charge in [0.05, 0.1) is 16.9 Å². The van der Waals surface area contributed by atoms with Crippen molar-refractivity contribution in [3.8, 4) is 0 Å². The molecule has 0 bridgehead atoms. The molecule has 0 spiro atoms. The molecule has 10 heteroatoms. The highest BCUT2D eigenvalue weighted by molar-refractivity contribution is 6.05. The van der Waals surface area contributed by atoms with Crippen LogP contribution in [0.1, 0.15) is 59.1 Å². The number of carbonyl (C=O) groups is 3. The lowest BCUT2D eigenvalue weighted by molar-refractivity contribution is -0.386. The van der Waals surface area contributed by atoms with Crippen molar-refractivity contribution in [3.05, 3.63) is 86.7 Å². The molecule has 36 heavy (non-hydrogen) atoms. The summed E-state index contributed by atoms with van der Waals surface area (Å²) in [6.45, 7) is 5.54. The molecule has 1 atom stereocenters. The van der Waals surface area contributed by atoms with Gasteiger partial charge in [0.15, 0.2) is 0 Å². The maximum atomic E-state index is 12.7. The van der Waals surface area contributed by atoms with Crippen molar-refractivity contribution in [2.75, 3.05) is 5.32 Å². The first-order valence-corrected chi connectivity index (χ1v) is 11.7. The zero-order valence-electron chi connectivity index (χ0n) is 20.3. The van der Waals surface area contributed by atoms with E-state index in [1.165, 1.54) is 0 Å². The van der Waals surface area contributed by atoms with Gasteiger partial charge in [-0.05, 0) is 62.1 Å². The van der Waals surface area contributed by atoms with Crippen molar-refractivity contribution < 1.29 is 19.3 Å². The standard InChI is InChI=1S/C26H27N5O5/c1-4-26(14-13-22(32)28-25(26)34)20-9-11-21(12-10-20)27-24(33)19-7-5-18(6-8-19)15-30-17(3)23(31(35)36)16(2)29-30/h5-12H,4,13-15H2,1-3H3,(H,27,33)(H,28,32,34). The third kappa shape index (κ3) is 4.61. The topological polar surface area (TPSA) is 136 Å². The van der Waals surface area contributed by atoms with Crippen LogP contribution in [-0.4, -0.2) is 32.4 Å². The maximum Gasteiger partial charge on any atom is 0.312 e. The molecule has 4 rings (SSSR count). The van der Waals surface area contributed by atoms with E-state index in [1.54, 1.807) is 54.9 Å². The van der Waals surface area contributed by atoms with Crippen molar-refractivity contribution in [2.45, 2.75) is 52.0 Å². The molecule has 3 aromatic rings. The molecule has 186 valence electrons. The van der Waals surface area contributed by atoms with Gasteiger partial charge in [-0.3, -0.25) is 34.5 Å². The van der Waals surface area contributed by atoms with Gasteiger partial charge in [0.25, 0.3) is 5.91 Å². The van der Waals surface area contributed by atoms with Gasteiger partial charge in [-0.2, -0.15) is 5.10 Å². The quantitative estimate of drug-likeness (QED) is 0.294. The zero-order valence-corrected chi connectivity index (χ0v) is 20.3. The number of hydrogen-bond acceptors (Lipinski definition) is 6. The van der Waals surface area contributed by atoms with Crippen molar-refractivity contribution in [2.24, 2.45) is 0 Å². The number of imide groups is 1. The molecule has 1 aliphatic heterocycles. The minimum atomic E-state index is -0.752. The highest BCUT2D eigenvalue weighted by atomic mass is 16.6. The normalized spacial score (nSPS) is 17.5. The smallest absolute Gasteiger partial charge is 0.312 e. The predicted octanol–water partition coefficient (Wildman–Crippen LogP) is 3.79. The molecular formula is C26H27N5O5. The Morgan fingerprint density at radius 3 is 2.36 bits per heavy atom. The lowest BCUT2D eigenvalue weighted by atomic mass is 9.72. The van der Waals surface area contributed by atoms with Crippen LogP contribution in [0, 0.1) is 24.0 Å². The van der Waals surface area contributed by atoms with Crippen LogP contribution in [-0.2, 0) is 21.5 Å². The van der Waals surface area contributed by atoms with Crippen LogP contribution in [0.2, 0.25) is 0 Å². The number of anilines is 1. The fourth-order valence-corrected chi connectivity index (χ4v) is 4.68. The number of amides is 3. The van der Waals surface area contributed by atoms with Crippen LogP contribution in [0.15, 0.2) is 48.5 Å². The molecule has 2 heterocycles. The average molecular weight is 490 g/mol. The lowest BCUT2D eigenvalue weighted by Crippen LogP contribution is -2.51. The third-order valence-corrected chi connectivity index (χ3v) is 6.84. The number of nitrogens with one attached hydrogen (secondary N) is 2. The molecule has 1 saturated heterocycles. The summed E-state index contributed by atoms with van der Waals surface area (Å²) in [7, 11) is 0. The van der Waals surface area contributed by atoms with Gasteiger partial charge in [0.1, 0.15) is 11.4 Å². The van der Waals surface area contributed by atoms with E-state index >= 15 is 0 Å². The summed E-state index contributed by atoms with van der Waals surface area (Å²) in [5, 5.41) is 20.8. The van der Waals surface area contributed by atoms with Crippen molar-refractivity contribution in [1.29, 1.82) is 0 Å². The number of hydrogen-bond donors (Lipinski definition) is 2. The second-order valence-corrected chi connectivity index (χ2v) is 8.98. The van der Waals surface area contributed by atoms with Crippen molar-refractivity contribution >= 4 is 29.1 Å². The van der Waals surface area contributed by atoms with E-state index in [9.17, 15) is 24.5 Å². The fraction of sp³-hybridized carbons (Fsp3) is 0.308. The Bertz CT molecular complexity index is 1340. The van der Waals surface area contributed by atoms with E-state index in [0.717, 1.165) is 11.1 Å². The lowest BCUT2D eigenvalue weighted by Gasteiger charge is -2.35. The number of aromatic nitrogens is 2. The van der Waals surface area contributed by atoms with Crippen LogP contribution in [0.5, 0.6) is 0 Å². The predicted molar refractivity (Wildman–Crippen MR) is 133 cm³/mol. The van der Waals surface area contributed by atoms with Gasteiger partial charge < -0.3 is 5.32 Å². The fourth-order valence-electron chi connectivity index (χ4n) is 4.68. The third-order valence-electron chi connectivity index (χ3n) is 6.84. The molecule has 1 unspecified atom stereocenters. The Morgan fingerprint density at radius 2 is 1.81 bits per heavy atom. The first-order chi connectivity index (χ1) is 17.1. The first-order valence-electron chi connectivity index (χ1n) is 11.7. The average Bonchev–Trinajstić information content (AvgIpc) is 3.13. The first kappa shape index (κ1) is 24.8. The van der Waals surface area contributed by atoms with Gasteiger partial charge >= 0.3 is 5.69 Å². The van der Waals surface area contributed by atoms with Crippen LogP contribution >= 0.6 is 0 Å². The molecule has 1 aliphatic rings. The number of carbonyl (C=O) groups excluding carboxylic acids is 3. The number of benzene rings is 2. The maximum absolute atomic E-state index is 12.7. The summed E-state index contributed by atoms with van der Waals surface area (Å²) < 4.78 is 1.58. The Labute approximate surface area is 207 Å². The monoisotopic (exact) mass is 489 g/mol. The number of rotatable bonds is 7. The minimum Gasteiger partial charge on any atom is -0.322 e. The van der Waals surface area contributed by atoms with E-state index < -0.39 is 10.3 Å². The Morgan fingerprint density at radius 1 is 1.14 bits per heavy atom. The number of nitrogens with zero attached hydrogens (tertiary/aromatic N) is 3. The highest BCUT2D eigenvalue weighted by Crippen LogP contribution is 2.36. The molecule has 3 amide bonds. The van der Waals surface area contributed by atoms with E-state index in [4.69, 9.17) is 0 Å². The SMILES string of the molecule is CCC1(c2ccc(NC(=O)c3ccc(Cn4nc(C)c([N+](=O)[O-])c4C)cc3)cc2)CCC(=O)NC1=O. The van der Waals surface area contributed by atoms with Gasteiger partial charge in [-0.25, -0.2) is 0 Å². The molecule has 2 aromatic carbocycles. The van der Waals surface area contributed by atoms with Crippen LogP contribution < -0.4 is 10.6 Å². The van der Waals surface area contributed by atoms with Gasteiger partial charge in [0.2, 0.25) is 11.8 Å². The molecule has 2 N–H and O–H groups in total. The summed E-state index contributed by atoms with van der Waals surface area (Å²) in [6, 6.07) is 14.1. The second kappa shape index (κ2) is 9.73. The zero-order chi connectivity index (χ0) is 26.0. The number of piperidine rings is 1. The Kier molecular flexibility index (Phi) is 6.69. The molecule has 0 aliphatic carbocycles. The van der Waals surface area contributed by atoms with Crippen LogP contribution in [0.4, 0.5) is 11.4 Å². The van der Waals surface area contributed by atoms with E-state index in [0.29, 0.717) is 48.4 Å². The summed E-state index contributed by atoms with van der Waals surface area (Å²) in [5.41, 5.74) is 2.80. The summed E-state index contributed by atoms with van der Waals surface area (Å²) in [6.07, 6.45) is 1.32. The summed E-state index contributed by atoms with van der Waals surface area (Å²) >= 11 is 0. The molecule has 10 nitrogen and oxygen atoms in total. The largest absolute Gasteiger partial charge is 0.322 e. The van der Waals surface area contributed by atoms with Crippen LogP contribution in [0.3, 0.4) is 0 Å². The van der Waals surface area contributed by atoms with Gasteiger partial charge in [-0.15, -0.1) is 0 Å². The van der Waals surface area contributed by atoms with Gasteiger partial charge in [0, 0.05) is 17.7 Å². The summed E-state index contributed by atoms with van der Waals surface area (Å²) in [4.78, 5) is 47.7. The second-order valence-electron chi connectivity index (χ2n) is 8.98. The molecule has 0 radical (unpaired) electrons. The van der Waals surface area contributed by atoms with E-state index in [-0.39, 0.29) is 23.4 Å². The molecule has 0 saturated carbocycles. The number of nitro groups is 1. The number of aryl methyl sites for hydroxylation is 1. The van der Waals surface area contributed by atoms with Crippen molar-refractivity contribution in [3.63, 3.8) is 0 Å². The molecular weight excluding hydrogens is 462 g/mol. The van der Waals surface area contributed by atoms with E-state index in [1.807, 2.05) is 19.1 Å². The molecule has 1 fully saturated rings. The Balaban J connectivity index is 1.43. The highest BCUT2D eigenvalue weighted by Gasteiger charge is 2.42. The minimum absolute atomic E-state index is 0.0134.